The average molecular weight is 383 g/mol. The normalized spacial score (nSPS) is 29.0. The van der Waals surface area contributed by atoms with E-state index in [-0.39, 0.29) is 53.0 Å². The summed E-state index contributed by atoms with van der Waals surface area (Å²) in [5.74, 6) is -0.953. The van der Waals surface area contributed by atoms with Gasteiger partial charge in [-0.2, -0.15) is 10.1 Å². The largest absolute Gasteiger partial charge is 0.483 e. The molecule has 1 heterocycles. The summed E-state index contributed by atoms with van der Waals surface area (Å²) in [6.07, 6.45) is 6.62. The van der Waals surface area contributed by atoms with Gasteiger partial charge in [0.25, 0.3) is 11.8 Å². The number of benzene rings is 1. The number of fused-ring (bicyclic) bond motifs is 5. The smallest absolute Gasteiger partial charge is 0.311 e. The van der Waals surface area contributed by atoms with Crippen molar-refractivity contribution < 1.29 is 19.2 Å². The molecule has 1 saturated carbocycles. The Morgan fingerprint density at radius 1 is 1.29 bits per heavy atom. The number of hydrazone groups is 1. The molecule has 5 atom stereocenters. The van der Waals surface area contributed by atoms with E-state index in [0.717, 1.165) is 11.4 Å². The summed E-state index contributed by atoms with van der Waals surface area (Å²) in [6.45, 7) is 3.73. The summed E-state index contributed by atoms with van der Waals surface area (Å²) in [4.78, 5) is 36.3. The number of ether oxygens (including phenoxy) is 1. The highest BCUT2D eigenvalue weighted by molar-refractivity contribution is 6.07. The van der Waals surface area contributed by atoms with Crippen LogP contribution in [-0.4, -0.2) is 34.1 Å². The van der Waals surface area contributed by atoms with Crippen LogP contribution in [0.15, 0.2) is 35.5 Å². The zero-order valence-electron chi connectivity index (χ0n) is 15.6. The lowest BCUT2D eigenvalue weighted by atomic mass is 9.85. The Bertz CT molecular complexity index is 879. The number of nitro groups is 1. The average Bonchev–Trinajstić information content (AvgIpc) is 3.35. The molecule has 5 unspecified atom stereocenters. The first-order valence-corrected chi connectivity index (χ1v) is 9.46. The first-order valence-electron chi connectivity index (χ1n) is 9.46. The van der Waals surface area contributed by atoms with Gasteiger partial charge in [-0.15, -0.1) is 0 Å². The molecule has 2 aliphatic carbocycles. The highest BCUT2D eigenvalue weighted by atomic mass is 16.6. The molecular weight excluding hydrogens is 362 g/mol. The number of rotatable bonds is 6. The molecule has 1 aliphatic heterocycles. The Balaban J connectivity index is 1.63. The van der Waals surface area contributed by atoms with Crippen molar-refractivity contribution in [2.24, 2.45) is 28.8 Å². The zero-order chi connectivity index (χ0) is 20.0. The standard InChI is InChI=1S/C20H21N3O5/c1-3-11(2)28-18-14(5-4-6-15(18)23(26)27)10-21-22-19(24)16-12-7-8-13(9-12)17(16)20(22)25/h4-8,10-13,16-17H,3,9H2,1-2H3. The molecule has 8 heteroatoms. The van der Waals surface area contributed by atoms with Gasteiger partial charge in [0.1, 0.15) is 0 Å². The summed E-state index contributed by atoms with van der Waals surface area (Å²) in [6, 6.07) is 4.50. The van der Waals surface area contributed by atoms with Crippen molar-refractivity contribution in [1.82, 2.24) is 5.01 Å². The summed E-state index contributed by atoms with van der Waals surface area (Å²) in [7, 11) is 0. The molecule has 0 aromatic heterocycles. The van der Waals surface area contributed by atoms with Gasteiger partial charge in [-0.25, -0.2) is 0 Å². The van der Waals surface area contributed by atoms with Gasteiger partial charge < -0.3 is 4.74 Å². The Hall–Kier alpha value is -3.03. The minimum Gasteiger partial charge on any atom is -0.483 e. The first-order chi connectivity index (χ1) is 13.4. The van der Waals surface area contributed by atoms with E-state index in [1.807, 2.05) is 26.0 Å². The van der Waals surface area contributed by atoms with E-state index in [4.69, 9.17) is 4.74 Å². The zero-order valence-corrected chi connectivity index (χ0v) is 15.6. The van der Waals surface area contributed by atoms with Crippen LogP contribution in [0.1, 0.15) is 32.3 Å². The van der Waals surface area contributed by atoms with Crippen molar-refractivity contribution in [3.05, 3.63) is 46.0 Å². The van der Waals surface area contributed by atoms with Gasteiger partial charge >= 0.3 is 5.69 Å². The van der Waals surface area contributed by atoms with Crippen molar-refractivity contribution in [2.75, 3.05) is 0 Å². The van der Waals surface area contributed by atoms with Gasteiger partial charge in [-0.3, -0.25) is 19.7 Å². The van der Waals surface area contributed by atoms with Crippen LogP contribution in [0.3, 0.4) is 0 Å². The van der Waals surface area contributed by atoms with Crippen LogP contribution in [-0.2, 0) is 9.59 Å². The van der Waals surface area contributed by atoms with Crippen molar-refractivity contribution in [3.8, 4) is 5.75 Å². The fourth-order valence-electron chi connectivity index (χ4n) is 4.32. The maximum Gasteiger partial charge on any atom is 0.311 e. The van der Waals surface area contributed by atoms with E-state index < -0.39 is 4.92 Å². The maximum absolute atomic E-state index is 12.7. The third kappa shape index (κ3) is 2.80. The number of nitro benzene ring substituents is 1. The second kappa shape index (κ2) is 6.85. The van der Waals surface area contributed by atoms with Gasteiger partial charge in [0.05, 0.1) is 29.1 Å². The van der Waals surface area contributed by atoms with E-state index in [9.17, 15) is 19.7 Å². The van der Waals surface area contributed by atoms with Crippen LogP contribution in [0.4, 0.5) is 5.69 Å². The fraction of sp³-hybridized carbons (Fsp3) is 0.450. The minimum atomic E-state index is -0.519. The molecule has 4 rings (SSSR count). The third-order valence-corrected chi connectivity index (χ3v) is 5.87. The summed E-state index contributed by atoms with van der Waals surface area (Å²) >= 11 is 0. The number of hydrogen-bond acceptors (Lipinski definition) is 6. The number of carbonyl (C=O) groups is 2. The molecule has 1 aromatic rings. The number of allylic oxidation sites excluding steroid dienone is 2. The van der Waals surface area contributed by atoms with E-state index in [0.29, 0.717) is 12.0 Å². The molecule has 2 bridgehead atoms. The molecule has 0 N–H and O–H groups in total. The quantitative estimate of drug-likeness (QED) is 0.247. The molecule has 1 aromatic carbocycles. The molecule has 28 heavy (non-hydrogen) atoms. The SMILES string of the molecule is CCC(C)Oc1c(C=NN2C(=O)C3C4C=CC(C4)C3C2=O)cccc1[N+](=O)[O-]. The molecule has 8 nitrogen and oxygen atoms in total. The second-order valence-corrected chi connectivity index (χ2v) is 7.52. The maximum atomic E-state index is 12.7. The Morgan fingerprint density at radius 2 is 1.93 bits per heavy atom. The number of carbonyl (C=O) groups excluding carboxylic acids is 2. The number of para-hydroxylation sites is 1. The molecule has 1 saturated heterocycles. The number of nitrogens with zero attached hydrogens (tertiary/aromatic N) is 3. The number of amides is 2. The Morgan fingerprint density at radius 3 is 2.50 bits per heavy atom. The molecule has 0 spiro atoms. The van der Waals surface area contributed by atoms with Crippen LogP contribution in [0.2, 0.25) is 0 Å². The lowest BCUT2D eigenvalue weighted by molar-refractivity contribution is -0.386. The summed E-state index contributed by atoms with van der Waals surface area (Å²) < 4.78 is 5.74. The minimum absolute atomic E-state index is 0.0895. The van der Waals surface area contributed by atoms with Crippen LogP contribution < -0.4 is 4.74 Å². The number of imide groups is 1. The highest BCUT2D eigenvalue weighted by Gasteiger charge is 2.59. The van der Waals surface area contributed by atoms with Crippen molar-refractivity contribution >= 4 is 23.7 Å². The second-order valence-electron chi connectivity index (χ2n) is 7.52. The van der Waals surface area contributed by atoms with Crippen LogP contribution >= 0.6 is 0 Å². The fourth-order valence-corrected chi connectivity index (χ4v) is 4.32. The Labute approximate surface area is 162 Å². The van der Waals surface area contributed by atoms with E-state index >= 15 is 0 Å². The van der Waals surface area contributed by atoms with Crippen molar-refractivity contribution in [3.63, 3.8) is 0 Å². The molecule has 2 amide bonds. The molecule has 3 aliphatic rings. The van der Waals surface area contributed by atoms with Crippen molar-refractivity contribution in [1.29, 1.82) is 0 Å². The molecule has 2 fully saturated rings. The Kier molecular flexibility index (Phi) is 4.49. The summed E-state index contributed by atoms with van der Waals surface area (Å²) in [5, 5.41) is 16.4. The van der Waals surface area contributed by atoms with Crippen molar-refractivity contribution in [2.45, 2.75) is 32.8 Å². The van der Waals surface area contributed by atoms with E-state index in [1.165, 1.54) is 18.3 Å². The molecular formula is C20H21N3O5. The topological polar surface area (TPSA) is 102 Å². The van der Waals surface area contributed by atoms with Crippen LogP contribution in [0, 0.1) is 33.8 Å². The van der Waals surface area contributed by atoms with Gasteiger partial charge in [-0.1, -0.05) is 25.1 Å². The van der Waals surface area contributed by atoms with Gasteiger partial charge in [-0.05, 0) is 37.7 Å². The van der Waals surface area contributed by atoms with Gasteiger partial charge in [0.2, 0.25) is 5.75 Å². The van der Waals surface area contributed by atoms with E-state index in [1.54, 1.807) is 6.07 Å². The van der Waals surface area contributed by atoms with Gasteiger partial charge in [0.15, 0.2) is 0 Å². The third-order valence-electron chi connectivity index (χ3n) is 5.87. The van der Waals surface area contributed by atoms with E-state index in [2.05, 4.69) is 5.10 Å². The predicted molar refractivity (Wildman–Crippen MR) is 101 cm³/mol. The lowest BCUT2D eigenvalue weighted by Crippen LogP contribution is -2.28. The van der Waals surface area contributed by atoms with Crippen LogP contribution in [0.25, 0.3) is 0 Å². The highest BCUT2D eigenvalue weighted by Crippen LogP contribution is 2.52. The lowest BCUT2D eigenvalue weighted by Gasteiger charge is -2.15. The number of hydrogen-bond donors (Lipinski definition) is 0. The first kappa shape index (κ1) is 18.3. The summed E-state index contributed by atoms with van der Waals surface area (Å²) in [5.41, 5.74) is 0.177. The van der Waals surface area contributed by atoms with Gasteiger partial charge in [0, 0.05) is 11.6 Å². The predicted octanol–water partition coefficient (Wildman–Crippen LogP) is 2.91. The molecule has 146 valence electrons. The van der Waals surface area contributed by atoms with Crippen LogP contribution in [0.5, 0.6) is 5.75 Å². The monoisotopic (exact) mass is 383 g/mol. The molecule has 0 radical (unpaired) electrons.